The van der Waals surface area contributed by atoms with Crippen molar-refractivity contribution in [3.63, 3.8) is 0 Å². The first kappa shape index (κ1) is 16.2. The smallest absolute Gasteiger partial charge is 0.285 e. The number of fused-ring (bicyclic) bond motifs is 1. The highest BCUT2D eigenvalue weighted by Crippen LogP contribution is 2.29. The molecule has 1 aliphatic heterocycles. The van der Waals surface area contributed by atoms with Crippen molar-refractivity contribution < 1.29 is 14.9 Å². The van der Waals surface area contributed by atoms with Crippen LogP contribution in [0.5, 0.6) is 0 Å². The quantitative estimate of drug-likeness (QED) is 0.899. The van der Waals surface area contributed by atoms with E-state index in [1.54, 1.807) is 4.90 Å². The second kappa shape index (κ2) is 6.84. The fourth-order valence-corrected chi connectivity index (χ4v) is 3.06. The summed E-state index contributed by atoms with van der Waals surface area (Å²) >= 11 is 0. The zero-order valence-electron chi connectivity index (χ0n) is 13.9. The molecule has 0 fully saturated rings. The standard InChI is InChI=1S/C19H21N3O2/c1-13(15-8-4-3-5-9-15)20-14(2)19(24)22-12-18(23)21-16-10-6-7-11-17(16)22/h3-11,13-14,20H,12H2,1-2H3,(H,21,23)/p+1/t13-,14+/m0/s1. The molecule has 5 heteroatoms. The van der Waals surface area contributed by atoms with Crippen molar-refractivity contribution in [2.24, 2.45) is 0 Å². The third-order valence-electron chi connectivity index (χ3n) is 4.33. The van der Waals surface area contributed by atoms with Gasteiger partial charge in [-0.2, -0.15) is 0 Å². The summed E-state index contributed by atoms with van der Waals surface area (Å²) in [4.78, 5) is 26.4. The van der Waals surface area contributed by atoms with E-state index in [2.05, 4.69) is 24.4 Å². The van der Waals surface area contributed by atoms with E-state index in [4.69, 9.17) is 0 Å². The maximum atomic E-state index is 12.9. The van der Waals surface area contributed by atoms with Gasteiger partial charge in [-0.3, -0.25) is 14.5 Å². The molecule has 2 aromatic rings. The monoisotopic (exact) mass is 324 g/mol. The van der Waals surface area contributed by atoms with Crippen molar-refractivity contribution in [1.82, 2.24) is 0 Å². The third-order valence-corrected chi connectivity index (χ3v) is 4.33. The molecule has 2 atom stereocenters. The molecule has 1 heterocycles. The summed E-state index contributed by atoms with van der Waals surface area (Å²) < 4.78 is 0. The predicted octanol–water partition coefficient (Wildman–Crippen LogP) is 1.68. The van der Waals surface area contributed by atoms with Crippen LogP contribution in [-0.2, 0) is 9.59 Å². The number of para-hydroxylation sites is 2. The van der Waals surface area contributed by atoms with E-state index in [0.717, 1.165) is 5.69 Å². The van der Waals surface area contributed by atoms with Gasteiger partial charge in [0.1, 0.15) is 12.6 Å². The summed E-state index contributed by atoms with van der Waals surface area (Å²) in [6.07, 6.45) is 0. The number of nitrogens with one attached hydrogen (secondary N) is 1. The van der Waals surface area contributed by atoms with Crippen LogP contribution >= 0.6 is 0 Å². The average molecular weight is 324 g/mol. The molecule has 0 bridgehead atoms. The van der Waals surface area contributed by atoms with E-state index in [9.17, 15) is 9.59 Å². The summed E-state index contributed by atoms with van der Waals surface area (Å²) in [6, 6.07) is 17.4. The molecule has 2 aromatic carbocycles. The lowest BCUT2D eigenvalue weighted by molar-refractivity contribution is -0.710. The van der Waals surface area contributed by atoms with Gasteiger partial charge in [-0.1, -0.05) is 42.5 Å². The number of nitrogens with zero attached hydrogens (tertiary/aromatic N) is 1. The van der Waals surface area contributed by atoms with Crippen LogP contribution in [0.15, 0.2) is 54.6 Å². The molecule has 0 aliphatic carbocycles. The van der Waals surface area contributed by atoms with Crippen LogP contribution in [0, 0.1) is 0 Å². The Bertz CT molecular complexity index is 745. The number of quaternary nitrogens is 1. The molecule has 0 aromatic heterocycles. The molecule has 0 saturated heterocycles. The Labute approximate surface area is 141 Å². The molecule has 1 aliphatic rings. The highest BCUT2D eigenvalue weighted by Gasteiger charge is 2.32. The van der Waals surface area contributed by atoms with Crippen molar-refractivity contribution in [2.75, 3.05) is 16.8 Å². The van der Waals surface area contributed by atoms with E-state index >= 15 is 0 Å². The predicted molar refractivity (Wildman–Crippen MR) is 93.7 cm³/mol. The van der Waals surface area contributed by atoms with Crippen LogP contribution < -0.4 is 15.5 Å². The van der Waals surface area contributed by atoms with Gasteiger partial charge in [0.25, 0.3) is 5.91 Å². The van der Waals surface area contributed by atoms with Crippen molar-refractivity contribution in [1.29, 1.82) is 0 Å². The summed E-state index contributed by atoms with van der Waals surface area (Å²) in [5, 5.41) is 4.84. The lowest BCUT2D eigenvalue weighted by Crippen LogP contribution is -2.92. The fraction of sp³-hybridized carbons (Fsp3) is 0.263. The molecular weight excluding hydrogens is 302 g/mol. The van der Waals surface area contributed by atoms with E-state index in [-0.39, 0.29) is 30.4 Å². The SMILES string of the molecule is C[C@H]([NH2+][C@H](C)C(=O)N1CC(=O)Nc2ccccc21)c1ccccc1. The normalized spacial score (nSPS) is 16.1. The molecular formula is C19H22N3O2+. The van der Waals surface area contributed by atoms with Gasteiger partial charge in [-0.05, 0) is 26.0 Å². The molecule has 5 nitrogen and oxygen atoms in total. The van der Waals surface area contributed by atoms with E-state index in [1.807, 2.05) is 54.7 Å². The van der Waals surface area contributed by atoms with Gasteiger partial charge in [0.05, 0.1) is 11.4 Å². The van der Waals surface area contributed by atoms with Crippen LogP contribution in [-0.4, -0.2) is 24.4 Å². The summed E-state index contributed by atoms with van der Waals surface area (Å²) in [7, 11) is 0. The Morgan fingerprint density at radius 2 is 1.75 bits per heavy atom. The van der Waals surface area contributed by atoms with E-state index < -0.39 is 0 Å². The minimum atomic E-state index is -0.279. The first-order valence-electron chi connectivity index (χ1n) is 8.16. The zero-order chi connectivity index (χ0) is 17.1. The topological polar surface area (TPSA) is 66.0 Å². The lowest BCUT2D eigenvalue weighted by atomic mass is 10.1. The molecule has 0 radical (unpaired) electrons. The van der Waals surface area contributed by atoms with Gasteiger partial charge >= 0.3 is 0 Å². The minimum Gasteiger partial charge on any atom is -0.330 e. The van der Waals surface area contributed by atoms with Crippen LogP contribution in [0.1, 0.15) is 25.5 Å². The minimum absolute atomic E-state index is 0.0555. The van der Waals surface area contributed by atoms with Crippen LogP contribution in [0.2, 0.25) is 0 Å². The third kappa shape index (κ3) is 3.31. The summed E-state index contributed by atoms with van der Waals surface area (Å²) in [5.41, 5.74) is 2.62. The first-order valence-corrected chi connectivity index (χ1v) is 8.16. The van der Waals surface area contributed by atoms with Gasteiger partial charge < -0.3 is 10.6 Å². The van der Waals surface area contributed by atoms with Crippen LogP contribution in [0.3, 0.4) is 0 Å². The van der Waals surface area contributed by atoms with Gasteiger partial charge in [0.2, 0.25) is 5.91 Å². The largest absolute Gasteiger partial charge is 0.330 e. The van der Waals surface area contributed by atoms with Gasteiger partial charge in [0.15, 0.2) is 6.04 Å². The highest BCUT2D eigenvalue weighted by atomic mass is 16.2. The molecule has 0 unspecified atom stereocenters. The second-order valence-corrected chi connectivity index (χ2v) is 6.17. The van der Waals surface area contributed by atoms with Crippen molar-refractivity contribution in [3.05, 3.63) is 60.2 Å². The number of hydrogen-bond acceptors (Lipinski definition) is 2. The maximum Gasteiger partial charge on any atom is 0.285 e. The number of benzene rings is 2. The number of anilines is 2. The van der Waals surface area contributed by atoms with Crippen LogP contribution in [0.4, 0.5) is 11.4 Å². The Hall–Kier alpha value is -2.66. The van der Waals surface area contributed by atoms with Gasteiger partial charge in [-0.15, -0.1) is 0 Å². The number of rotatable bonds is 4. The number of carbonyl (C=O) groups excluding carboxylic acids is 2. The zero-order valence-corrected chi connectivity index (χ0v) is 13.9. The Balaban J connectivity index is 1.75. The maximum absolute atomic E-state index is 12.9. The number of amides is 2. The first-order chi connectivity index (χ1) is 11.6. The summed E-state index contributed by atoms with van der Waals surface area (Å²) in [6.45, 7) is 4.03. The molecule has 0 spiro atoms. The second-order valence-electron chi connectivity index (χ2n) is 6.17. The van der Waals surface area contributed by atoms with Crippen molar-refractivity contribution in [3.8, 4) is 0 Å². The van der Waals surface area contributed by atoms with E-state index in [1.165, 1.54) is 5.56 Å². The Kier molecular flexibility index (Phi) is 4.62. The van der Waals surface area contributed by atoms with Gasteiger partial charge in [0, 0.05) is 5.56 Å². The Morgan fingerprint density at radius 3 is 2.50 bits per heavy atom. The average Bonchev–Trinajstić information content (AvgIpc) is 2.61. The number of hydrogen-bond donors (Lipinski definition) is 2. The Morgan fingerprint density at radius 1 is 1.08 bits per heavy atom. The fourth-order valence-electron chi connectivity index (χ4n) is 3.06. The molecule has 124 valence electrons. The summed E-state index contributed by atoms with van der Waals surface area (Å²) in [5.74, 6) is -0.217. The van der Waals surface area contributed by atoms with Gasteiger partial charge in [-0.25, -0.2) is 0 Å². The molecule has 3 N–H and O–H groups in total. The van der Waals surface area contributed by atoms with Crippen LogP contribution in [0.25, 0.3) is 0 Å². The highest BCUT2D eigenvalue weighted by molar-refractivity contribution is 6.10. The van der Waals surface area contributed by atoms with E-state index in [0.29, 0.717) is 5.69 Å². The molecule has 24 heavy (non-hydrogen) atoms. The number of nitrogens with two attached hydrogens (primary N) is 1. The van der Waals surface area contributed by atoms with Crippen molar-refractivity contribution >= 4 is 23.2 Å². The molecule has 3 rings (SSSR count). The molecule has 2 amide bonds. The van der Waals surface area contributed by atoms with Crippen molar-refractivity contribution in [2.45, 2.75) is 25.9 Å². The molecule has 0 saturated carbocycles. The number of carbonyl (C=O) groups is 2. The lowest BCUT2D eigenvalue weighted by Gasteiger charge is -2.30.